The minimum atomic E-state index is -0.253. The van der Waals surface area contributed by atoms with Crippen LogP contribution in [-0.2, 0) is 0 Å². The Hall–Kier alpha value is -2.20. The van der Waals surface area contributed by atoms with Crippen LogP contribution in [-0.4, -0.2) is 36.5 Å². The fraction of sp³-hybridized carbons (Fsp3) is 0.350. The molecular weight excluding hydrogens is 303 g/mol. The molecule has 0 aromatic heterocycles. The number of carbonyl (C=O) groups excluding carboxylic acids is 1. The van der Waals surface area contributed by atoms with Gasteiger partial charge in [-0.2, -0.15) is 0 Å². The summed E-state index contributed by atoms with van der Waals surface area (Å²) >= 11 is 0. The highest BCUT2D eigenvalue weighted by Gasteiger charge is 2.34. The number of hydrogen-bond acceptors (Lipinski definition) is 2. The Morgan fingerprint density at radius 2 is 1.79 bits per heavy atom. The summed E-state index contributed by atoms with van der Waals surface area (Å²) in [6.45, 7) is 3.30. The van der Waals surface area contributed by atoms with Crippen molar-refractivity contribution in [1.82, 2.24) is 10.2 Å². The first-order chi connectivity index (χ1) is 11.7. The number of rotatable bonds is 3. The minimum Gasteiger partial charge on any atom is -0.348 e. The van der Waals surface area contributed by atoms with E-state index in [9.17, 15) is 9.18 Å². The monoisotopic (exact) mass is 324 g/mol. The van der Waals surface area contributed by atoms with Gasteiger partial charge in [-0.3, -0.25) is 4.79 Å². The van der Waals surface area contributed by atoms with E-state index in [1.165, 1.54) is 38.1 Å². The molecule has 0 spiro atoms. The van der Waals surface area contributed by atoms with Gasteiger partial charge >= 0.3 is 0 Å². The predicted molar refractivity (Wildman–Crippen MR) is 92.3 cm³/mol. The maximum Gasteiger partial charge on any atom is 0.251 e. The van der Waals surface area contributed by atoms with Crippen molar-refractivity contribution in [1.29, 1.82) is 0 Å². The van der Waals surface area contributed by atoms with Crippen LogP contribution in [0.5, 0.6) is 0 Å². The van der Waals surface area contributed by atoms with Crippen molar-refractivity contribution in [2.75, 3.05) is 19.6 Å². The SMILES string of the molecule is O=C(NC1CN2CCC1CC2)c1ccc(-c2cccc(F)c2)cc1. The fourth-order valence-electron chi connectivity index (χ4n) is 3.86. The molecule has 3 saturated heterocycles. The molecule has 1 unspecified atom stereocenters. The second-order valence-corrected chi connectivity index (χ2v) is 6.81. The van der Waals surface area contributed by atoms with Crippen LogP contribution in [0.1, 0.15) is 23.2 Å². The van der Waals surface area contributed by atoms with E-state index < -0.39 is 0 Å². The van der Waals surface area contributed by atoms with Crippen LogP contribution < -0.4 is 5.32 Å². The maximum atomic E-state index is 13.3. The quantitative estimate of drug-likeness (QED) is 0.939. The summed E-state index contributed by atoms with van der Waals surface area (Å²) in [4.78, 5) is 14.9. The summed E-state index contributed by atoms with van der Waals surface area (Å²) in [7, 11) is 0. The standard InChI is InChI=1S/C20H21FN2O/c21-18-3-1-2-17(12-18)14-4-6-16(7-5-14)20(24)22-19-13-23-10-8-15(19)9-11-23/h1-7,12,15,19H,8-11,13H2,(H,22,24). The Bertz CT molecular complexity index is 736. The van der Waals surface area contributed by atoms with Gasteiger partial charge in [0.1, 0.15) is 5.82 Å². The van der Waals surface area contributed by atoms with Crippen molar-refractivity contribution < 1.29 is 9.18 Å². The average molecular weight is 324 g/mol. The summed E-state index contributed by atoms with van der Waals surface area (Å²) < 4.78 is 13.3. The zero-order valence-corrected chi connectivity index (χ0v) is 13.5. The lowest BCUT2D eigenvalue weighted by atomic mass is 9.84. The molecule has 3 heterocycles. The molecule has 3 aliphatic heterocycles. The van der Waals surface area contributed by atoms with Crippen molar-refractivity contribution in [3.63, 3.8) is 0 Å². The number of fused-ring (bicyclic) bond motifs is 3. The number of nitrogens with one attached hydrogen (secondary N) is 1. The molecule has 2 bridgehead atoms. The Labute approximate surface area is 141 Å². The van der Waals surface area contributed by atoms with Crippen molar-refractivity contribution >= 4 is 5.91 Å². The van der Waals surface area contributed by atoms with E-state index in [1.807, 2.05) is 30.3 Å². The van der Waals surface area contributed by atoms with E-state index in [1.54, 1.807) is 6.07 Å². The highest BCUT2D eigenvalue weighted by molar-refractivity contribution is 5.95. The van der Waals surface area contributed by atoms with Gasteiger partial charge in [-0.25, -0.2) is 4.39 Å². The molecule has 0 saturated carbocycles. The van der Waals surface area contributed by atoms with Crippen LogP contribution in [0.2, 0.25) is 0 Å². The molecule has 2 aromatic carbocycles. The molecule has 5 rings (SSSR count). The molecular formula is C20H21FN2O. The number of benzene rings is 2. The molecule has 24 heavy (non-hydrogen) atoms. The normalized spacial score (nSPS) is 25.5. The van der Waals surface area contributed by atoms with Gasteiger partial charge < -0.3 is 10.2 Å². The fourth-order valence-corrected chi connectivity index (χ4v) is 3.86. The van der Waals surface area contributed by atoms with Gasteiger partial charge in [0.2, 0.25) is 0 Å². The Morgan fingerprint density at radius 1 is 1.04 bits per heavy atom. The van der Waals surface area contributed by atoms with Gasteiger partial charge in [0.15, 0.2) is 0 Å². The summed E-state index contributed by atoms with van der Waals surface area (Å²) in [6, 6.07) is 14.1. The zero-order chi connectivity index (χ0) is 16.5. The summed E-state index contributed by atoms with van der Waals surface area (Å²) in [5, 5.41) is 3.19. The number of hydrogen-bond donors (Lipinski definition) is 1. The first-order valence-corrected chi connectivity index (χ1v) is 8.58. The van der Waals surface area contributed by atoms with Gasteiger partial charge in [0.25, 0.3) is 5.91 Å². The zero-order valence-electron chi connectivity index (χ0n) is 13.5. The lowest BCUT2D eigenvalue weighted by Crippen LogP contribution is -2.57. The van der Waals surface area contributed by atoms with Crippen molar-refractivity contribution in [2.24, 2.45) is 5.92 Å². The van der Waals surface area contributed by atoms with E-state index in [0.29, 0.717) is 11.5 Å². The number of amides is 1. The molecule has 124 valence electrons. The summed E-state index contributed by atoms with van der Waals surface area (Å²) in [5.41, 5.74) is 2.39. The minimum absolute atomic E-state index is 0.0143. The molecule has 1 amide bonds. The summed E-state index contributed by atoms with van der Waals surface area (Å²) in [6.07, 6.45) is 2.37. The molecule has 1 N–H and O–H groups in total. The molecule has 3 fully saturated rings. The lowest BCUT2D eigenvalue weighted by Gasteiger charge is -2.44. The number of piperidine rings is 3. The molecule has 4 heteroatoms. The third-order valence-corrected chi connectivity index (χ3v) is 5.28. The van der Waals surface area contributed by atoms with E-state index in [4.69, 9.17) is 0 Å². The van der Waals surface area contributed by atoms with Crippen molar-refractivity contribution in [3.8, 4) is 11.1 Å². The van der Waals surface area contributed by atoms with Crippen LogP contribution in [0.4, 0.5) is 4.39 Å². The highest BCUT2D eigenvalue weighted by atomic mass is 19.1. The smallest absolute Gasteiger partial charge is 0.251 e. The highest BCUT2D eigenvalue weighted by Crippen LogP contribution is 2.28. The topological polar surface area (TPSA) is 32.3 Å². The first kappa shape index (κ1) is 15.3. The Balaban J connectivity index is 1.45. The number of nitrogens with zero attached hydrogens (tertiary/aromatic N) is 1. The van der Waals surface area contributed by atoms with Gasteiger partial charge in [0, 0.05) is 18.2 Å². The van der Waals surface area contributed by atoms with Crippen LogP contribution in [0, 0.1) is 11.7 Å². The van der Waals surface area contributed by atoms with E-state index in [0.717, 1.165) is 17.7 Å². The lowest BCUT2D eigenvalue weighted by molar-refractivity contribution is 0.0620. The van der Waals surface area contributed by atoms with E-state index in [2.05, 4.69) is 10.2 Å². The number of halogens is 1. The molecule has 1 atom stereocenters. The summed E-state index contributed by atoms with van der Waals surface area (Å²) in [5.74, 6) is 0.349. The van der Waals surface area contributed by atoms with Gasteiger partial charge in [-0.05, 0) is 67.2 Å². The Morgan fingerprint density at radius 3 is 2.42 bits per heavy atom. The van der Waals surface area contributed by atoms with Gasteiger partial charge in [-0.15, -0.1) is 0 Å². The van der Waals surface area contributed by atoms with Crippen molar-refractivity contribution in [3.05, 3.63) is 59.9 Å². The molecule has 0 radical (unpaired) electrons. The third kappa shape index (κ3) is 3.06. The molecule has 2 aromatic rings. The second kappa shape index (κ2) is 6.36. The predicted octanol–water partition coefficient (Wildman–Crippen LogP) is 3.32. The third-order valence-electron chi connectivity index (χ3n) is 5.28. The Kier molecular flexibility index (Phi) is 4.07. The molecule has 3 aliphatic rings. The molecule has 0 aliphatic carbocycles. The largest absolute Gasteiger partial charge is 0.348 e. The van der Waals surface area contributed by atoms with Gasteiger partial charge in [-0.1, -0.05) is 24.3 Å². The molecule has 3 nitrogen and oxygen atoms in total. The number of carbonyl (C=O) groups is 1. The van der Waals surface area contributed by atoms with Crippen LogP contribution in [0.25, 0.3) is 11.1 Å². The van der Waals surface area contributed by atoms with Crippen molar-refractivity contribution in [2.45, 2.75) is 18.9 Å². The van der Waals surface area contributed by atoms with Crippen LogP contribution >= 0.6 is 0 Å². The second-order valence-electron chi connectivity index (χ2n) is 6.81. The first-order valence-electron chi connectivity index (χ1n) is 8.58. The van der Waals surface area contributed by atoms with Crippen LogP contribution in [0.15, 0.2) is 48.5 Å². The van der Waals surface area contributed by atoms with E-state index in [-0.39, 0.29) is 17.8 Å². The van der Waals surface area contributed by atoms with Gasteiger partial charge in [0.05, 0.1) is 0 Å². The van der Waals surface area contributed by atoms with E-state index >= 15 is 0 Å². The maximum absolute atomic E-state index is 13.3. The van der Waals surface area contributed by atoms with Crippen LogP contribution in [0.3, 0.4) is 0 Å². The average Bonchev–Trinajstić information content (AvgIpc) is 2.63.